The second kappa shape index (κ2) is 5.11. The minimum atomic E-state index is -3.11. The first kappa shape index (κ1) is 13.1. The highest BCUT2D eigenvalue weighted by molar-refractivity contribution is 7.89. The maximum atomic E-state index is 11.1. The summed E-state index contributed by atoms with van der Waals surface area (Å²) >= 11 is 0. The van der Waals surface area contributed by atoms with Gasteiger partial charge in [-0.25, -0.2) is 13.4 Å². The third-order valence-corrected chi connectivity index (χ3v) is 3.17. The monoisotopic (exact) mass is 229 g/mol. The molecule has 0 aromatic rings. The van der Waals surface area contributed by atoms with Crippen LogP contribution in [-0.4, -0.2) is 38.3 Å². The van der Waals surface area contributed by atoms with Crippen molar-refractivity contribution >= 4 is 22.4 Å². The summed E-state index contributed by atoms with van der Waals surface area (Å²) in [5.41, 5.74) is 5.61. The van der Waals surface area contributed by atoms with Gasteiger partial charge in [0.15, 0.2) is 0 Å². The van der Waals surface area contributed by atoms with Gasteiger partial charge in [0.05, 0.1) is 5.75 Å². The van der Waals surface area contributed by atoms with Crippen LogP contribution < -0.4 is 10.6 Å². The number of nitrogens with one attached hydrogen (secondary N) is 1. The van der Waals surface area contributed by atoms with E-state index >= 15 is 0 Å². The first-order valence-corrected chi connectivity index (χ1v) is 5.69. The fourth-order valence-corrected chi connectivity index (χ4v) is 1.82. The van der Waals surface area contributed by atoms with Gasteiger partial charge in [-0.2, -0.15) is 0 Å². The summed E-state index contributed by atoms with van der Waals surface area (Å²) in [6, 6.07) is 0.101. The zero-order valence-corrected chi connectivity index (χ0v) is 9.20. The first-order valence-electron chi connectivity index (χ1n) is 4.04. The van der Waals surface area contributed by atoms with E-state index in [-0.39, 0.29) is 24.2 Å². The number of nitrogens with two attached hydrogens (primary N) is 1. The van der Waals surface area contributed by atoms with Crippen molar-refractivity contribution in [2.45, 2.75) is 19.4 Å². The Kier molecular flexibility index (Phi) is 5.16. The lowest BCUT2D eigenvalue weighted by atomic mass is 10.3. The highest BCUT2D eigenvalue weighted by Gasteiger charge is 2.22. The van der Waals surface area contributed by atoms with Crippen LogP contribution in [0.25, 0.3) is 0 Å². The maximum absolute atomic E-state index is 11.1. The van der Waals surface area contributed by atoms with Gasteiger partial charge in [-0.05, 0) is 13.3 Å². The normalized spacial score (nSPS) is 24.3. The molecule has 1 atom stereocenters. The van der Waals surface area contributed by atoms with Crippen molar-refractivity contribution in [1.82, 2.24) is 9.84 Å². The molecule has 0 radical (unpaired) electrons. The van der Waals surface area contributed by atoms with Gasteiger partial charge in [-0.1, -0.05) is 0 Å². The highest BCUT2D eigenvalue weighted by atomic mass is 35.5. The molecule has 0 spiro atoms. The average molecular weight is 230 g/mol. The lowest BCUT2D eigenvalue weighted by Crippen LogP contribution is -2.42. The second-order valence-corrected chi connectivity index (χ2v) is 4.98. The summed E-state index contributed by atoms with van der Waals surface area (Å²) in [6.45, 7) is 2.93. The zero-order valence-electron chi connectivity index (χ0n) is 7.56. The van der Waals surface area contributed by atoms with E-state index in [0.717, 1.165) is 6.42 Å². The fourth-order valence-electron chi connectivity index (χ4n) is 1.13. The van der Waals surface area contributed by atoms with E-state index in [1.165, 1.54) is 0 Å². The predicted octanol–water partition coefficient (Wildman–Crippen LogP) is -0.704. The molecule has 1 rings (SSSR count). The molecule has 1 heterocycles. The van der Waals surface area contributed by atoms with Gasteiger partial charge in [-0.15, -0.1) is 17.2 Å². The molecule has 1 fully saturated rings. The van der Waals surface area contributed by atoms with Crippen LogP contribution in [0.3, 0.4) is 0 Å². The van der Waals surface area contributed by atoms with Crippen molar-refractivity contribution in [3.8, 4) is 0 Å². The van der Waals surface area contributed by atoms with Crippen LogP contribution in [0.15, 0.2) is 0 Å². The van der Waals surface area contributed by atoms with Crippen LogP contribution in [-0.2, 0) is 10.0 Å². The summed E-state index contributed by atoms with van der Waals surface area (Å²) in [6.07, 6.45) is 0.853. The Bertz CT molecular complexity index is 244. The Balaban J connectivity index is 0.00000144. The van der Waals surface area contributed by atoms with E-state index in [0.29, 0.717) is 13.1 Å². The molecular weight excluding hydrogens is 214 g/mol. The summed E-state index contributed by atoms with van der Waals surface area (Å²) < 4.78 is 22.1. The second-order valence-electron chi connectivity index (χ2n) is 2.99. The number of rotatable bonds is 3. The van der Waals surface area contributed by atoms with Crippen molar-refractivity contribution in [2.75, 3.05) is 18.8 Å². The largest absolute Gasteiger partial charge is 0.326 e. The Morgan fingerprint density at radius 3 is 2.62 bits per heavy atom. The number of hydrogen-bond donors (Lipinski definition) is 2. The smallest absolute Gasteiger partial charge is 0.224 e. The molecular formula is C6H16ClN3O2S. The summed E-state index contributed by atoms with van der Waals surface area (Å²) in [5.74, 6) is 0.110. The predicted molar refractivity (Wildman–Crippen MR) is 54.0 cm³/mol. The van der Waals surface area contributed by atoms with E-state index in [4.69, 9.17) is 5.73 Å². The highest BCUT2D eigenvalue weighted by Crippen LogP contribution is 2.04. The molecule has 0 bridgehead atoms. The van der Waals surface area contributed by atoms with Gasteiger partial charge in [0.1, 0.15) is 0 Å². The lowest BCUT2D eigenvalue weighted by Gasteiger charge is -2.15. The molecule has 13 heavy (non-hydrogen) atoms. The molecule has 1 saturated heterocycles. The standard InChI is InChI=1S/C6H15N3O2S.ClH/c1-2-12(10,11)8-9-4-3-6(7)5-9;/h6,8H,2-5,7H2,1H3;1H. The molecule has 1 aliphatic rings. The zero-order chi connectivity index (χ0) is 9.19. The number of hydrogen-bond acceptors (Lipinski definition) is 4. The number of nitrogens with zero attached hydrogens (tertiary/aromatic N) is 1. The van der Waals surface area contributed by atoms with Crippen LogP contribution in [0, 0.1) is 0 Å². The van der Waals surface area contributed by atoms with Crippen molar-refractivity contribution < 1.29 is 8.42 Å². The molecule has 1 aliphatic heterocycles. The Labute approximate surface area is 85.1 Å². The van der Waals surface area contributed by atoms with E-state index in [9.17, 15) is 8.42 Å². The Morgan fingerprint density at radius 1 is 1.62 bits per heavy atom. The van der Waals surface area contributed by atoms with Gasteiger partial charge in [0, 0.05) is 19.1 Å². The van der Waals surface area contributed by atoms with E-state index in [1.54, 1.807) is 11.9 Å². The summed E-state index contributed by atoms with van der Waals surface area (Å²) in [5, 5.41) is 1.66. The molecule has 7 heteroatoms. The van der Waals surface area contributed by atoms with Crippen LogP contribution in [0.2, 0.25) is 0 Å². The van der Waals surface area contributed by atoms with Crippen molar-refractivity contribution in [2.24, 2.45) is 5.73 Å². The fraction of sp³-hybridized carbons (Fsp3) is 1.00. The summed E-state index contributed by atoms with van der Waals surface area (Å²) in [4.78, 5) is 2.46. The molecule has 0 aliphatic carbocycles. The van der Waals surface area contributed by atoms with E-state index < -0.39 is 10.0 Å². The number of hydrazine groups is 1. The summed E-state index contributed by atoms with van der Waals surface area (Å²) in [7, 11) is -3.11. The van der Waals surface area contributed by atoms with Crippen LogP contribution in [0.4, 0.5) is 0 Å². The third kappa shape index (κ3) is 4.24. The Morgan fingerprint density at radius 2 is 2.23 bits per heavy atom. The van der Waals surface area contributed by atoms with Gasteiger partial charge in [0.25, 0.3) is 0 Å². The molecule has 0 aromatic carbocycles. The average Bonchev–Trinajstić information content (AvgIpc) is 2.35. The van der Waals surface area contributed by atoms with Crippen LogP contribution >= 0.6 is 12.4 Å². The van der Waals surface area contributed by atoms with Crippen LogP contribution in [0.5, 0.6) is 0 Å². The molecule has 0 saturated carbocycles. The topological polar surface area (TPSA) is 75.4 Å². The molecule has 0 amide bonds. The van der Waals surface area contributed by atoms with Gasteiger partial charge < -0.3 is 5.73 Å². The van der Waals surface area contributed by atoms with Crippen LogP contribution in [0.1, 0.15) is 13.3 Å². The lowest BCUT2D eigenvalue weighted by molar-refractivity contribution is 0.296. The minimum absolute atomic E-state index is 0. The van der Waals surface area contributed by atoms with Crippen molar-refractivity contribution in [3.63, 3.8) is 0 Å². The minimum Gasteiger partial charge on any atom is -0.326 e. The molecule has 5 nitrogen and oxygen atoms in total. The third-order valence-electron chi connectivity index (χ3n) is 1.87. The van der Waals surface area contributed by atoms with Crippen molar-refractivity contribution in [1.29, 1.82) is 0 Å². The van der Waals surface area contributed by atoms with E-state index in [2.05, 4.69) is 4.83 Å². The SMILES string of the molecule is CCS(=O)(=O)NN1CCC(N)C1.Cl. The maximum Gasteiger partial charge on any atom is 0.224 e. The van der Waals surface area contributed by atoms with E-state index in [1.807, 2.05) is 0 Å². The number of halogens is 1. The molecule has 3 N–H and O–H groups in total. The molecule has 80 valence electrons. The van der Waals surface area contributed by atoms with Gasteiger partial charge in [0.2, 0.25) is 10.0 Å². The van der Waals surface area contributed by atoms with Gasteiger partial charge >= 0.3 is 0 Å². The van der Waals surface area contributed by atoms with Gasteiger partial charge in [-0.3, -0.25) is 0 Å². The molecule has 1 unspecified atom stereocenters. The van der Waals surface area contributed by atoms with Crippen molar-refractivity contribution in [3.05, 3.63) is 0 Å². The Hall–Kier alpha value is 0.120. The molecule has 0 aromatic heterocycles. The number of sulfonamides is 1. The quantitative estimate of drug-likeness (QED) is 0.671. The first-order chi connectivity index (χ1) is 5.53.